The first-order chi connectivity index (χ1) is 12.4. The molecule has 0 aliphatic carbocycles. The Hall–Kier alpha value is -2.87. The predicted molar refractivity (Wildman–Crippen MR) is 100 cm³/mol. The first kappa shape index (κ1) is 19.5. The van der Waals surface area contributed by atoms with Gasteiger partial charge in [-0.3, -0.25) is 9.59 Å². The van der Waals surface area contributed by atoms with Crippen LogP contribution in [0.1, 0.15) is 17.3 Å². The van der Waals surface area contributed by atoms with E-state index in [4.69, 9.17) is 4.74 Å². The number of ether oxygens (including phenoxy) is 2. The van der Waals surface area contributed by atoms with Gasteiger partial charge in [0.25, 0.3) is 5.91 Å². The van der Waals surface area contributed by atoms with Crippen LogP contribution < -0.4 is 15.4 Å². The highest BCUT2D eigenvalue weighted by atomic mass is 79.9. The zero-order valence-electron chi connectivity index (χ0n) is 14.2. The van der Waals surface area contributed by atoms with E-state index in [1.807, 2.05) is 0 Å². The number of anilines is 2. The molecular formula is C18H17BrN2O5. The third kappa shape index (κ3) is 5.59. The molecule has 136 valence electrons. The Morgan fingerprint density at radius 3 is 2.15 bits per heavy atom. The summed E-state index contributed by atoms with van der Waals surface area (Å²) in [6, 6.07) is 11.4. The minimum Gasteiger partial charge on any atom is -0.483 e. The van der Waals surface area contributed by atoms with Gasteiger partial charge in [-0.1, -0.05) is 0 Å². The summed E-state index contributed by atoms with van der Waals surface area (Å²) in [6.07, 6.45) is 0. The molecule has 0 unspecified atom stereocenters. The summed E-state index contributed by atoms with van der Waals surface area (Å²) in [4.78, 5) is 34.4. The van der Waals surface area contributed by atoms with Crippen molar-refractivity contribution in [2.75, 3.05) is 24.4 Å². The largest absolute Gasteiger partial charge is 0.483 e. The van der Waals surface area contributed by atoms with Crippen LogP contribution in [0.4, 0.5) is 11.4 Å². The molecule has 0 bridgehead atoms. The number of nitrogens with one attached hydrogen (secondary N) is 2. The maximum atomic E-state index is 12.0. The van der Waals surface area contributed by atoms with Gasteiger partial charge in [0.2, 0.25) is 5.91 Å². The maximum Gasteiger partial charge on any atom is 0.337 e. The summed E-state index contributed by atoms with van der Waals surface area (Å²) in [5.41, 5.74) is 1.59. The normalized spacial score (nSPS) is 9.96. The molecule has 0 spiro atoms. The number of benzene rings is 2. The average molecular weight is 421 g/mol. The highest BCUT2D eigenvalue weighted by molar-refractivity contribution is 9.10. The molecule has 0 aromatic heterocycles. The number of hydrogen-bond acceptors (Lipinski definition) is 5. The predicted octanol–water partition coefficient (Wildman–Crippen LogP) is 3.21. The van der Waals surface area contributed by atoms with Gasteiger partial charge in [0.15, 0.2) is 6.61 Å². The van der Waals surface area contributed by atoms with Crippen molar-refractivity contribution in [3.8, 4) is 5.75 Å². The molecule has 2 amide bonds. The van der Waals surface area contributed by atoms with E-state index in [-0.39, 0.29) is 18.4 Å². The Morgan fingerprint density at radius 2 is 1.62 bits per heavy atom. The molecule has 0 heterocycles. The van der Waals surface area contributed by atoms with Gasteiger partial charge in [-0.2, -0.15) is 0 Å². The number of esters is 1. The number of rotatable bonds is 6. The summed E-state index contributed by atoms with van der Waals surface area (Å²) in [7, 11) is 1.30. The number of methoxy groups -OCH3 is 1. The van der Waals surface area contributed by atoms with Crippen LogP contribution in [-0.2, 0) is 14.3 Å². The minimum atomic E-state index is -0.460. The van der Waals surface area contributed by atoms with Crippen LogP contribution in [0.2, 0.25) is 0 Å². The molecule has 0 fully saturated rings. The summed E-state index contributed by atoms with van der Waals surface area (Å²) in [5, 5.41) is 5.33. The highest BCUT2D eigenvalue weighted by Crippen LogP contribution is 2.26. The zero-order valence-corrected chi connectivity index (χ0v) is 15.8. The third-order valence-electron chi connectivity index (χ3n) is 3.20. The summed E-state index contributed by atoms with van der Waals surface area (Å²) < 4.78 is 10.6. The fraction of sp³-hybridized carbons (Fsp3) is 0.167. The number of halogens is 1. The average Bonchev–Trinajstić information content (AvgIpc) is 2.61. The number of carbonyl (C=O) groups excluding carboxylic acids is 3. The van der Waals surface area contributed by atoms with Crippen molar-refractivity contribution in [2.45, 2.75) is 6.92 Å². The molecule has 8 heteroatoms. The molecule has 0 radical (unpaired) electrons. The topological polar surface area (TPSA) is 93.7 Å². The van der Waals surface area contributed by atoms with Gasteiger partial charge in [0.05, 0.1) is 17.1 Å². The molecule has 0 aliphatic heterocycles. The molecule has 7 nitrogen and oxygen atoms in total. The highest BCUT2D eigenvalue weighted by Gasteiger charge is 2.11. The van der Waals surface area contributed by atoms with E-state index in [1.165, 1.54) is 14.0 Å². The van der Waals surface area contributed by atoms with E-state index in [2.05, 4.69) is 31.3 Å². The fourth-order valence-corrected chi connectivity index (χ4v) is 2.54. The Balaban J connectivity index is 1.90. The van der Waals surface area contributed by atoms with Gasteiger partial charge in [-0.15, -0.1) is 0 Å². The Labute approximate surface area is 158 Å². The van der Waals surface area contributed by atoms with Gasteiger partial charge in [-0.05, 0) is 58.4 Å². The van der Waals surface area contributed by atoms with Crippen molar-refractivity contribution in [1.82, 2.24) is 0 Å². The van der Waals surface area contributed by atoms with Gasteiger partial charge in [-0.25, -0.2) is 4.79 Å². The van der Waals surface area contributed by atoms with E-state index in [9.17, 15) is 14.4 Å². The lowest BCUT2D eigenvalue weighted by molar-refractivity contribution is -0.118. The second-order valence-corrected chi connectivity index (χ2v) is 6.09. The van der Waals surface area contributed by atoms with Crippen molar-refractivity contribution in [3.63, 3.8) is 0 Å². The van der Waals surface area contributed by atoms with Crippen LogP contribution in [-0.4, -0.2) is 31.5 Å². The molecule has 2 aromatic carbocycles. The Kier molecular flexibility index (Phi) is 6.74. The number of hydrogen-bond donors (Lipinski definition) is 2. The smallest absolute Gasteiger partial charge is 0.337 e. The van der Waals surface area contributed by atoms with Crippen LogP contribution in [0.25, 0.3) is 0 Å². The summed E-state index contributed by atoms with van der Waals surface area (Å²) >= 11 is 3.29. The molecule has 0 saturated heterocycles. The fourth-order valence-electron chi connectivity index (χ4n) is 2.04. The maximum absolute atomic E-state index is 12.0. The molecular weight excluding hydrogens is 404 g/mol. The first-order valence-corrected chi connectivity index (χ1v) is 8.36. The van der Waals surface area contributed by atoms with Crippen molar-refractivity contribution in [3.05, 3.63) is 52.5 Å². The van der Waals surface area contributed by atoms with Crippen LogP contribution in [0.3, 0.4) is 0 Å². The van der Waals surface area contributed by atoms with Crippen LogP contribution in [0.15, 0.2) is 46.9 Å². The zero-order chi connectivity index (χ0) is 19.1. The van der Waals surface area contributed by atoms with Gasteiger partial charge in [0, 0.05) is 18.3 Å². The Bertz CT molecular complexity index is 821. The van der Waals surface area contributed by atoms with E-state index >= 15 is 0 Å². The minimum absolute atomic E-state index is 0.168. The number of amides is 2. The molecule has 0 saturated carbocycles. The number of carbonyl (C=O) groups is 3. The van der Waals surface area contributed by atoms with Gasteiger partial charge < -0.3 is 20.1 Å². The van der Waals surface area contributed by atoms with E-state index in [0.717, 1.165) is 0 Å². The van der Waals surface area contributed by atoms with Crippen LogP contribution in [0.5, 0.6) is 5.75 Å². The van der Waals surface area contributed by atoms with Crippen LogP contribution in [0, 0.1) is 0 Å². The lowest BCUT2D eigenvalue weighted by atomic mass is 10.2. The SMILES string of the molecule is COC(=O)c1ccc(OCC(=O)Nc2ccc(NC(C)=O)cc2)c(Br)c1. The molecule has 0 atom stereocenters. The second-order valence-electron chi connectivity index (χ2n) is 5.23. The molecule has 2 aromatic rings. The third-order valence-corrected chi connectivity index (χ3v) is 3.82. The monoisotopic (exact) mass is 420 g/mol. The van der Waals surface area contributed by atoms with E-state index in [0.29, 0.717) is 27.2 Å². The summed E-state index contributed by atoms with van der Waals surface area (Å²) in [5.74, 6) is -0.549. The second kappa shape index (κ2) is 9.00. The van der Waals surface area contributed by atoms with Crippen molar-refractivity contribution in [1.29, 1.82) is 0 Å². The van der Waals surface area contributed by atoms with Crippen molar-refractivity contribution in [2.24, 2.45) is 0 Å². The van der Waals surface area contributed by atoms with E-state index < -0.39 is 5.97 Å². The lowest BCUT2D eigenvalue weighted by Crippen LogP contribution is -2.20. The van der Waals surface area contributed by atoms with Gasteiger partial charge in [0.1, 0.15) is 5.75 Å². The van der Waals surface area contributed by atoms with Crippen molar-refractivity contribution >= 4 is 45.1 Å². The van der Waals surface area contributed by atoms with E-state index in [1.54, 1.807) is 42.5 Å². The molecule has 26 heavy (non-hydrogen) atoms. The van der Waals surface area contributed by atoms with Crippen molar-refractivity contribution < 1.29 is 23.9 Å². The molecule has 2 N–H and O–H groups in total. The quantitative estimate of drug-likeness (QED) is 0.699. The summed E-state index contributed by atoms with van der Waals surface area (Å²) in [6.45, 7) is 1.21. The lowest BCUT2D eigenvalue weighted by Gasteiger charge is -2.10. The molecule has 2 rings (SSSR count). The Morgan fingerprint density at radius 1 is 1.00 bits per heavy atom. The van der Waals surface area contributed by atoms with Crippen LogP contribution >= 0.6 is 15.9 Å². The first-order valence-electron chi connectivity index (χ1n) is 7.57. The standard InChI is InChI=1S/C18H17BrN2O5/c1-11(22)20-13-4-6-14(7-5-13)21-17(23)10-26-16-8-3-12(9-15(16)19)18(24)25-2/h3-9H,10H2,1-2H3,(H,20,22)(H,21,23). The van der Waals surface area contributed by atoms with Gasteiger partial charge >= 0.3 is 5.97 Å². The molecule has 0 aliphatic rings.